The van der Waals surface area contributed by atoms with Crippen LogP contribution in [0, 0.1) is 17.8 Å². The maximum atomic E-state index is 13.0. The largest absolute Gasteiger partial charge is 0.342 e. The second kappa shape index (κ2) is 8.77. The molecule has 1 aromatic carbocycles. The quantitative estimate of drug-likeness (QED) is 0.540. The molecule has 2 saturated heterocycles. The van der Waals surface area contributed by atoms with Gasteiger partial charge >= 0.3 is 0 Å². The molecule has 3 aromatic rings. The van der Waals surface area contributed by atoms with Crippen molar-refractivity contribution in [3.8, 4) is 11.3 Å². The van der Waals surface area contributed by atoms with Gasteiger partial charge in [0, 0.05) is 55.4 Å². The highest BCUT2D eigenvalue weighted by Gasteiger charge is 2.43. The van der Waals surface area contributed by atoms with Gasteiger partial charge in [-0.25, -0.2) is 4.98 Å². The molecular formula is C27H31ClN4O. The summed E-state index contributed by atoms with van der Waals surface area (Å²) in [6, 6.07) is 14.2. The summed E-state index contributed by atoms with van der Waals surface area (Å²) in [6.45, 7) is 4.85. The van der Waals surface area contributed by atoms with Gasteiger partial charge in [-0.2, -0.15) is 0 Å². The summed E-state index contributed by atoms with van der Waals surface area (Å²) in [7, 11) is 0. The van der Waals surface area contributed by atoms with Crippen LogP contribution in [0.25, 0.3) is 16.9 Å². The van der Waals surface area contributed by atoms with Crippen LogP contribution in [0.4, 0.5) is 0 Å². The van der Waals surface area contributed by atoms with Crippen LogP contribution < -0.4 is 0 Å². The van der Waals surface area contributed by atoms with E-state index in [0.29, 0.717) is 17.7 Å². The minimum Gasteiger partial charge on any atom is -0.342 e. The van der Waals surface area contributed by atoms with Gasteiger partial charge in [-0.15, -0.1) is 0 Å². The van der Waals surface area contributed by atoms with E-state index in [9.17, 15) is 4.79 Å². The van der Waals surface area contributed by atoms with Gasteiger partial charge in [0.25, 0.3) is 0 Å². The first kappa shape index (κ1) is 21.2. The van der Waals surface area contributed by atoms with Gasteiger partial charge in [-0.05, 0) is 48.9 Å². The number of nitrogens with zero attached hydrogens (tertiary/aromatic N) is 4. The molecule has 2 atom stereocenters. The second-order valence-electron chi connectivity index (χ2n) is 10.1. The van der Waals surface area contributed by atoms with E-state index in [0.717, 1.165) is 67.5 Å². The lowest BCUT2D eigenvalue weighted by Gasteiger charge is -2.27. The molecule has 2 aromatic heterocycles. The molecule has 4 heterocycles. The van der Waals surface area contributed by atoms with E-state index in [-0.39, 0.29) is 5.92 Å². The molecule has 3 fully saturated rings. The smallest absolute Gasteiger partial charge is 0.225 e. The van der Waals surface area contributed by atoms with Crippen molar-refractivity contribution >= 4 is 23.2 Å². The van der Waals surface area contributed by atoms with Crippen LogP contribution in [0.1, 0.15) is 37.8 Å². The van der Waals surface area contributed by atoms with Gasteiger partial charge in [-0.3, -0.25) is 9.69 Å². The number of carbonyl (C=O) groups excluding carboxylic acids is 1. The van der Waals surface area contributed by atoms with Gasteiger partial charge in [0.05, 0.1) is 11.4 Å². The Morgan fingerprint density at radius 2 is 1.67 bits per heavy atom. The molecule has 6 heteroatoms. The highest BCUT2D eigenvalue weighted by molar-refractivity contribution is 6.30. The van der Waals surface area contributed by atoms with E-state index in [1.165, 1.54) is 25.0 Å². The van der Waals surface area contributed by atoms with Crippen molar-refractivity contribution in [1.82, 2.24) is 19.2 Å². The maximum Gasteiger partial charge on any atom is 0.225 e. The van der Waals surface area contributed by atoms with Gasteiger partial charge in [-0.1, -0.05) is 49.1 Å². The predicted molar refractivity (Wildman–Crippen MR) is 131 cm³/mol. The zero-order chi connectivity index (χ0) is 22.4. The Labute approximate surface area is 200 Å². The van der Waals surface area contributed by atoms with E-state index in [1.54, 1.807) is 0 Å². The fraction of sp³-hybridized carbons (Fsp3) is 0.481. The first-order chi connectivity index (χ1) is 16.2. The zero-order valence-corrected chi connectivity index (χ0v) is 19.8. The summed E-state index contributed by atoms with van der Waals surface area (Å²) in [5.41, 5.74) is 4.33. The average Bonchev–Trinajstić information content (AvgIpc) is 3.52. The third-order valence-electron chi connectivity index (χ3n) is 7.95. The maximum absolute atomic E-state index is 13.0. The van der Waals surface area contributed by atoms with Crippen LogP contribution in [0.3, 0.4) is 0 Å². The summed E-state index contributed by atoms with van der Waals surface area (Å²) in [5, 5.41) is 0.740. The van der Waals surface area contributed by atoms with Crippen LogP contribution in [0.5, 0.6) is 0 Å². The number of carbonyl (C=O) groups is 1. The topological polar surface area (TPSA) is 40.9 Å². The molecule has 0 spiro atoms. The Balaban J connectivity index is 1.18. The van der Waals surface area contributed by atoms with Gasteiger partial charge < -0.3 is 9.30 Å². The molecule has 1 saturated carbocycles. The van der Waals surface area contributed by atoms with Crippen LogP contribution in [0.2, 0.25) is 5.02 Å². The Hall–Kier alpha value is -2.37. The van der Waals surface area contributed by atoms with Crippen molar-refractivity contribution in [2.24, 2.45) is 17.8 Å². The number of pyridine rings is 1. The van der Waals surface area contributed by atoms with Crippen molar-refractivity contribution in [3.05, 3.63) is 59.4 Å². The molecule has 3 aliphatic rings. The number of halogens is 1. The molecule has 0 N–H and O–H groups in total. The summed E-state index contributed by atoms with van der Waals surface area (Å²) >= 11 is 6.13. The van der Waals surface area contributed by atoms with Crippen molar-refractivity contribution < 1.29 is 4.79 Å². The standard InChI is InChI=1S/C27H31ClN4O/c28-23-11-9-19(10-12-23)26-24(32-13-5-4-8-25(32)29-26)18-30-14-21-16-31(17-22(21)15-30)27(33)20-6-2-1-3-7-20/h4-5,8-13,20-22H,1-3,6-7,14-18H2. The molecule has 2 unspecified atom stereocenters. The SMILES string of the molecule is O=C(C1CCCCC1)N1CC2CN(Cc3c(-c4ccc(Cl)cc4)nc4ccccn34)CC2C1. The van der Waals surface area contributed by atoms with E-state index in [2.05, 4.69) is 44.7 Å². The van der Waals surface area contributed by atoms with E-state index < -0.39 is 0 Å². The fourth-order valence-corrected chi connectivity index (χ4v) is 6.38. The number of aromatic nitrogens is 2. The van der Waals surface area contributed by atoms with Crippen molar-refractivity contribution in [2.75, 3.05) is 26.2 Å². The Morgan fingerprint density at radius 3 is 2.39 bits per heavy atom. The number of hydrogen-bond acceptors (Lipinski definition) is 3. The van der Waals surface area contributed by atoms with Crippen molar-refractivity contribution in [1.29, 1.82) is 0 Å². The lowest BCUT2D eigenvalue weighted by molar-refractivity contribution is -0.135. The molecule has 6 rings (SSSR count). The van der Waals surface area contributed by atoms with Crippen LogP contribution in [-0.2, 0) is 11.3 Å². The average molecular weight is 463 g/mol. The summed E-state index contributed by atoms with van der Waals surface area (Å²) in [5.74, 6) is 1.91. The van der Waals surface area contributed by atoms with Gasteiger partial charge in [0.2, 0.25) is 5.91 Å². The Bertz CT molecular complexity index is 1140. The summed E-state index contributed by atoms with van der Waals surface area (Å²) < 4.78 is 2.22. The van der Waals surface area contributed by atoms with Crippen LogP contribution >= 0.6 is 11.6 Å². The van der Waals surface area contributed by atoms with Crippen LogP contribution in [0.15, 0.2) is 48.7 Å². The number of imidazole rings is 1. The third-order valence-corrected chi connectivity index (χ3v) is 8.20. The molecule has 0 radical (unpaired) electrons. The second-order valence-corrected chi connectivity index (χ2v) is 10.6. The highest BCUT2D eigenvalue weighted by Crippen LogP contribution is 2.36. The number of fused-ring (bicyclic) bond motifs is 2. The molecule has 2 aliphatic heterocycles. The third kappa shape index (κ3) is 4.06. The zero-order valence-electron chi connectivity index (χ0n) is 19.0. The molecular weight excluding hydrogens is 432 g/mol. The lowest BCUT2D eigenvalue weighted by Crippen LogP contribution is -2.37. The monoisotopic (exact) mass is 462 g/mol. The van der Waals surface area contributed by atoms with E-state index in [1.807, 2.05) is 18.2 Å². The van der Waals surface area contributed by atoms with Gasteiger partial charge in [0.1, 0.15) is 5.65 Å². The minimum absolute atomic E-state index is 0.286. The highest BCUT2D eigenvalue weighted by atomic mass is 35.5. The lowest BCUT2D eigenvalue weighted by atomic mass is 9.88. The molecule has 0 bridgehead atoms. The first-order valence-electron chi connectivity index (χ1n) is 12.4. The van der Waals surface area contributed by atoms with Crippen molar-refractivity contribution in [2.45, 2.75) is 38.6 Å². The number of benzene rings is 1. The fourth-order valence-electron chi connectivity index (χ4n) is 6.26. The molecule has 33 heavy (non-hydrogen) atoms. The predicted octanol–water partition coefficient (Wildman–Crippen LogP) is 5.13. The minimum atomic E-state index is 0.286. The number of likely N-dealkylation sites (tertiary alicyclic amines) is 2. The molecule has 1 amide bonds. The Kier molecular flexibility index (Phi) is 5.63. The van der Waals surface area contributed by atoms with Crippen molar-refractivity contribution in [3.63, 3.8) is 0 Å². The van der Waals surface area contributed by atoms with E-state index >= 15 is 0 Å². The molecule has 5 nitrogen and oxygen atoms in total. The number of rotatable bonds is 4. The summed E-state index contributed by atoms with van der Waals surface area (Å²) in [6.07, 6.45) is 8.04. The normalized spacial score (nSPS) is 24.0. The number of hydrogen-bond donors (Lipinski definition) is 0. The molecule has 1 aliphatic carbocycles. The Morgan fingerprint density at radius 1 is 0.939 bits per heavy atom. The van der Waals surface area contributed by atoms with Crippen LogP contribution in [-0.4, -0.2) is 51.3 Å². The molecule has 172 valence electrons. The number of amides is 1. The van der Waals surface area contributed by atoms with E-state index in [4.69, 9.17) is 16.6 Å². The van der Waals surface area contributed by atoms with Gasteiger partial charge in [0.15, 0.2) is 0 Å². The summed E-state index contributed by atoms with van der Waals surface area (Å²) in [4.78, 5) is 22.7. The first-order valence-corrected chi connectivity index (χ1v) is 12.8.